The number of nitrogens with zero attached hydrogens (tertiary/aromatic N) is 2. The minimum absolute atomic E-state index is 0.648. The highest BCUT2D eigenvalue weighted by Crippen LogP contribution is 2.27. The van der Waals surface area contributed by atoms with Gasteiger partial charge in [-0.25, -0.2) is 0 Å². The molecule has 23 heavy (non-hydrogen) atoms. The van der Waals surface area contributed by atoms with E-state index in [2.05, 4.69) is 34.6 Å². The Morgan fingerprint density at radius 1 is 1.09 bits per heavy atom. The van der Waals surface area contributed by atoms with Crippen LogP contribution in [-0.2, 0) is 0 Å². The molecule has 0 spiro atoms. The summed E-state index contributed by atoms with van der Waals surface area (Å²) >= 11 is 3.21. The fourth-order valence-corrected chi connectivity index (χ4v) is 3.63. The molecule has 6 heteroatoms. The van der Waals surface area contributed by atoms with Gasteiger partial charge in [0.1, 0.15) is 5.75 Å². The minimum atomic E-state index is 0.648. The molecule has 1 N–H and O–H groups in total. The van der Waals surface area contributed by atoms with E-state index in [0.717, 1.165) is 26.7 Å². The lowest BCUT2D eigenvalue weighted by atomic mass is 10.2. The molecule has 3 aromatic rings. The third-order valence-electron chi connectivity index (χ3n) is 3.00. The van der Waals surface area contributed by atoms with Crippen molar-refractivity contribution < 1.29 is 4.74 Å². The van der Waals surface area contributed by atoms with Crippen LogP contribution in [0.25, 0.3) is 0 Å². The molecular weight excluding hydrogens is 326 g/mol. The Morgan fingerprint density at radius 3 is 2.78 bits per heavy atom. The first-order chi connectivity index (χ1) is 11.3. The van der Waals surface area contributed by atoms with Gasteiger partial charge < -0.3 is 10.1 Å². The van der Waals surface area contributed by atoms with Crippen molar-refractivity contribution in [2.45, 2.75) is 11.3 Å². The molecule has 1 aromatic heterocycles. The van der Waals surface area contributed by atoms with Crippen LogP contribution < -0.4 is 10.1 Å². The molecular formula is C17H17N3OS2. The molecule has 0 aliphatic carbocycles. The van der Waals surface area contributed by atoms with Gasteiger partial charge in [0, 0.05) is 11.4 Å². The molecule has 0 saturated carbocycles. The van der Waals surface area contributed by atoms with Crippen LogP contribution in [-0.4, -0.2) is 22.6 Å². The van der Waals surface area contributed by atoms with E-state index in [-0.39, 0.29) is 0 Å². The van der Waals surface area contributed by atoms with Gasteiger partial charge in [0.05, 0.1) is 6.61 Å². The van der Waals surface area contributed by atoms with Gasteiger partial charge in [0.2, 0.25) is 5.13 Å². The van der Waals surface area contributed by atoms with E-state index in [1.807, 2.05) is 42.5 Å². The van der Waals surface area contributed by atoms with E-state index in [4.69, 9.17) is 4.74 Å². The van der Waals surface area contributed by atoms with Crippen LogP contribution in [0.4, 0.5) is 10.8 Å². The van der Waals surface area contributed by atoms with Crippen molar-refractivity contribution in [3.63, 3.8) is 0 Å². The number of thioether (sulfide) groups is 1. The summed E-state index contributed by atoms with van der Waals surface area (Å²) in [4.78, 5) is 0. The molecule has 0 bridgehead atoms. The largest absolute Gasteiger partial charge is 0.493 e. The molecule has 3 rings (SSSR count). The molecule has 0 fully saturated rings. The van der Waals surface area contributed by atoms with Crippen molar-refractivity contribution in [3.8, 4) is 5.75 Å². The number of aryl methyl sites for hydroxylation is 1. The molecule has 0 amide bonds. The van der Waals surface area contributed by atoms with E-state index >= 15 is 0 Å². The van der Waals surface area contributed by atoms with E-state index in [1.54, 1.807) is 23.1 Å². The van der Waals surface area contributed by atoms with Crippen LogP contribution in [0.2, 0.25) is 0 Å². The van der Waals surface area contributed by atoms with Crippen LogP contribution in [0, 0.1) is 6.92 Å². The third-order valence-corrected chi connectivity index (χ3v) is 4.93. The number of hydrogen-bond acceptors (Lipinski definition) is 6. The van der Waals surface area contributed by atoms with Crippen molar-refractivity contribution in [3.05, 3.63) is 60.2 Å². The highest BCUT2D eigenvalue weighted by Gasteiger charge is 2.05. The lowest BCUT2D eigenvalue weighted by Gasteiger charge is -2.04. The predicted octanol–water partition coefficient (Wildman–Crippen LogP) is 4.76. The smallest absolute Gasteiger partial charge is 0.210 e. The lowest BCUT2D eigenvalue weighted by molar-refractivity contribution is 0.344. The molecule has 0 atom stereocenters. The van der Waals surface area contributed by atoms with Crippen molar-refractivity contribution in [2.24, 2.45) is 0 Å². The summed E-state index contributed by atoms with van der Waals surface area (Å²) in [6.07, 6.45) is 0. The van der Waals surface area contributed by atoms with Crippen molar-refractivity contribution in [1.82, 2.24) is 10.2 Å². The summed E-state index contributed by atoms with van der Waals surface area (Å²) in [5.74, 6) is 1.74. The van der Waals surface area contributed by atoms with Crippen molar-refractivity contribution in [2.75, 3.05) is 17.7 Å². The number of rotatable bonds is 7. The van der Waals surface area contributed by atoms with Gasteiger partial charge in [0.15, 0.2) is 4.34 Å². The number of nitrogens with one attached hydrogen (secondary N) is 1. The number of ether oxygens (including phenoxy) is 1. The fourth-order valence-electron chi connectivity index (χ4n) is 1.97. The monoisotopic (exact) mass is 343 g/mol. The maximum absolute atomic E-state index is 5.66. The molecule has 0 aliphatic rings. The molecule has 0 unspecified atom stereocenters. The Balaban J connectivity index is 1.46. The Kier molecular flexibility index (Phi) is 5.50. The van der Waals surface area contributed by atoms with Crippen LogP contribution in [0.3, 0.4) is 0 Å². The molecule has 1 heterocycles. The first-order valence-corrected chi connectivity index (χ1v) is 9.08. The summed E-state index contributed by atoms with van der Waals surface area (Å²) in [5, 5.41) is 12.5. The maximum atomic E-state index is 5.66. The quantitative estimate of drug-likeness (QED) is 0.495. The summed E-state index contributed by atoms with van der Waals surface area (Å²) in [6.45, 7) is 2.72. The second kappa shape index (κ2) is 7.99. The van der Waals surface area contributed by atoms with Gasteiger partial charge in [-0.3, -0.25) is 0 Å². The van der Waals surface area contributed by atoms with Gasteiger partial charge in [-0.15, -0.1) is 10.2 Å². The van der Waals surface area contributed by atoms with Crippen LogP contribution in [0.1, 0.15) is 5.56 Å². The Hall–Kier alpha value is -2.05. The molecule has 118 valence electrons. The number of benzene rings is 2. The predicted molar refractivity (Wildman–Crippen MR) is 97.0 cm³/mol. The maximum Gasteiger partial charge on any atom is 0.210 e. The third kappa shape index (κ3) is 4.97. The SMILES string of the molecule is Cc1cccc(Nc2nnc(SCCOc3ccccc3)s2)c1. The summed E-state index contributed by atoms with van der Waals surface area (Å²) in [6, 6.07) is 18.0. The Bertz CT molecular complexity index is 746. The minimum Gasteiger partial charge on any atom is -0.493 e. The van der Waals surface area contributed by atoms with Crippen LogP contribution in [0.15, 0.2) is 58.9 Å². The van der Waals surface area contributed by atoms with E-state index in [9.17, 15) is 0 Å². The highest BCUT2D eigenvalue weighted by atomic mass is 32.2. The molecule has 4 nitrogen and oxygen atoms in total. The zero-order valence-electron chi connectivity index (χ0n) is 12.7. The normalized spacial score (nSPS) is 10.5. The molecule has 0 radical (unpaired) electrons. The standard InChI is InChI=1S/C17H17N3OS2/c1-13-6-5-7-14(12-13)18-16-19-20-17(23-16)22-11-10-21-15-8-3-2-4-9-15/h2-9,12H,10-11H2,1H3,(H,18,19). The number of aromatic nitrogens is 2. The molecule has 0 aliphatic heterocycles. The van der Waals surface area contributed by atoms with E-state index in [0.29, 0.717) is 6.61 Å². The number of para-hydroxylation sites is 1. The zero-order chi connectivity index (χ0) is 15.9. The van der Waals surface area contributed by atoms with E-state index in [1.165, 1.54) is 5.56 Å². The second-order valence-corrected chi connectivity index (χ2v) is 7.20. The topological polar surface area (TPSA) is 47.0 Å². The first-order valence-electron chi connectivity index (χ1n) is 7.27. The van der Waals surface area contributed by atoms with E-state index < -0.39 is 0 Å². The van der Waals surface area contributed by atoms with Gasteiger partial charge in [-0.1, -0.05) is 53.4 Å². The lowest BCUT2D eigenvalue weighted by Crippen LogP contribution is -1.99. The van der Waals surface area contributed by atoms with Gasteiger partial charge in [0.25, 0.3) is 0 Å². The average Bonchev–Trinajstić information content (AvgIpc) is 3.00. The molecule has 2 aromatic carbocycles. The van der Waals surface area contributed by atoms with Crippen molar-refractivity contribution >= 4 is 33.9 Å². The summed E-state index contributed by atoms with van der Waals surface area (Å²) in [7, 11) is 0. The molecule has 0 saturated heterocycles. The Labute approximate surface area is 143 Å². The fraction of sp³-hybridized carbons (Fsp3) is 0.176. The van der Waals surface area contributed by atoms with Gasteiger partial charge in [-0.05, 0) is 36.8 Å². The first kappa shape index (κ1) is 15.8. The second-order valence-electron chi connectivity index (χ2n) is 4.88. The van der Waals surface area contributed by atoms with Crippen LogP contribution >= 0.6 is 23.1 Å². The summed E-state index contributed by atoms with van der Waals surface area (Å²) in [5.41, 5.74) is 2.25. The number of anilines is 2. The summed E-state index contributed by atoms with van der Waals surface area (Å²) < 4.78 is 6.60. The number of hydrogen-bond donors (Lipinski definition) is 1. The average molecular weight is 343 g/mol. The Morgan fingerprint density at radius 2 is 1.96 bits per heavy atom. The van der Waals surface area contributed by atoms with Crippen molar-refractivity contribution in [1.29, 1.82) is 0 Å². The zero-order valence-corrected chi connectivity index (χ0v) is 14.4. The van der Waals surface area contributed by atoms with Gasteiger partial charge >= 0.3 is 0 Å². The van der Waals surface area contributed by atoms with Gasteiger partial charge in [-0.2, -0.15) is 0 Å². The van der Waals surface area contributed by atoms with Crippen LogP contribution in [0.5, 0.6) is 5.75 Å². The highest BCUT2D eigenvalue weighted by molar-refractivity contribution is 8.01.